The Kier molecular flexibility index (Phi) is 7.32. The van der Waals surface area contributed by atoms with Crippen LogP contribution in [0.15, 0.2) is 35.5 Å². The van der Waals surface area contributed by atoms with Crippen LogP contribution in [0.3, 0.4) is 0 Å². The molecule has 1 saturated heterocycles. The summed E-state index contributed by atoms with van der Waals surface area (Å²) in [4.78, 5) is 2.57. The number of aliphatic hydroxyl groups is 3. The third-order valence-corrected chi connectivity index (χ3v) is 9.69. The van der Waals surface area contributed by atoms with Gasteiger partial charge in [-0.15, -0.1) is 0 Å². The summed E-state index contributed by atoms with van der Waals surface area (Å²) in [7, 11) is 0. The van der Waals surface area contributed by atoms with Gasteiger partial charge in [-0.25, -0.2) is 0 Å². The van der Waals surface area contributed by atoms with E-state index in [9.17, 15) is 15.3 Å². The number of nitrogens with zero attached hydrogens (tertiary/aromatic N) is 1. The molecular formula is C29H47NO3. The lowest BCUT2D eigenvalue weighted by molar-refractivity contribution is -0.0143. The quantitative estimate of drug-likeness (QED) is 0.544. The highest BCUT2D eigenvalue weighted by Gasteiger charge is 2.51. The minimum atomic E-state index is -0.628. The predicted octanol–water partition coefficient (Wildman–Crippen LogP) is 5.00. The first kappa shape index (κ1) is 25.2. The fourth-order valence-electron chi connectivity index (χ4n) is 8.02. The third-order valence-electron chi connectivity index (χ3n) is 9.69. The largest absolute Gasteiger partial charge is 0.393 e. The maximum absolute atomic E-state index is 10.7. The Bertz CT molecular complexity index is 793. The summed E-state index contributed by atoms with van der Waals surface area (Å²) in [5, 5.41) is 30.9. The SMILES string of the molecule is C=C1/C(=C\C=C2/CCC[C@]3(C)[C@@H]([C@H](C)CN4CCC[C@H]4C(C)(C)O)CC[C@@H]23)C[C@@H](O)C[C@@H]1O. The molecule has 1 aliphatic heterocycles. The summed E-state index contributed by atoms with van der Waals surface area (Å²) in [5.41, 5.74) is 3.06. The predicted molar refractivity (Wildman–Crippen MR) is 135 cm³/mol. The summed E-state index contributed by atoms with van der Waals surface area (Å²) in [6.45, 7) is 15.2. The number of likely N-dealkylation sites (tertiary alicyclic amines) is 1. The molecule has 0 aromatic carbocycles. The summed E-state index contributed by atoms with van der Waals surface area (Å²) >= 11 is 0. The molecule has 4 fully saturated rings. The zero-order chi connectivity index (χ0) is 24.0. The molecule has 0 unspecified atom stereocenters. The van der Waals surface area contributed by atoms with Crippen molar-refractivity contribution in [1.29, 1.82) is 0 Å². The molecule has 0 bridgehead atoms. The lowest BCUT2D eigenvalue weighted by Gasteiger charge is -2.45. The van der Waals surface area contributed by atoms with Crippen molar-refractivity contribution >= 4 is 0 Å². The Morgan fingerprint density at radius 2 is 1.94 bits per heavy atom. The van der Waals surface area contributed by atoms with Gasteiger partial charge in [0.05, 0.1) is 17.8 Å². The van der Waals surface area contributed by atoms with Crippen LogP contribution in [-0.2, 0) is 0 Å². The average molecular weight is 458 g/mol. The van der Waals surface area contributed by atoms with E-state index in [1.54, 1.807) is 5.57 Å². The summed E-state index contributed by atoms with van der Waals surface area (Å²) in [5.74, 6) is 1.98. The van der Waals surface area contributed by atoms with Gasteiger partial charge in [-0.05, 0) is 106 Å². The third kappa shape index (κ3) is 5.05. The molecule has 1 heterocycles. The highest BCUT2D eigenvalue weighted by molar-refractivity contribution is 5.38. The van der Waals surface area contributed by atoms with Crippen LogP contribution in [0.5, 0.6) is 0 Å². The van der Waals surface area contributed by atoms with Crippen molar-refractivity contribution in [1.82, 2.24) is 4.90 Å². The van der Waals surface area contributed by atoms with Crippen LogP contribution in [0.4, 0.5) is 0 Å². The van der Waals surface area contributed by atoms with E-state index < -0.39 is 17.8 Å². The Morgan fingerprint density at radius 1 is 1.18 bits per heavy atom. The molecular weight excluding hydrogens is 410 g/mol. The second-order valence-corrected chi connectivity index (χ2v) is 12.4. The van der Waals surface area contributed by atoms with E-state index in [-0.39, 0.29) is 6.04 Å². The van der Waals surface area contributed by atoms with Gasteiger partial charge in [-0.2, -0.15) is 0 Å². The van der Waals surface area contributed by atoms with Gasteiger partial charge in [-0.1, -0.05) is 38.2 Å². The van der Waals surface area contributed by atoms with Crippen molar-refractivity contribution in [2.75, 3.05) is 13.1 Å². The number of aliphatic hydroxyl groups excluding tert-OH is 2. The van der Waals surface area contributed by atoms with Crippen LogP contribution >= 0.6 is 0 Å². The van der Waals surface area contributed by atoms with E-state index in [4.69, 9.17) is 0 Å². The van der Waals surface area contributed by atoms with E-state index in [2.05, 4.69) is 37.5 Å². The maximum atomic E-state index is 10.7. The molecule has 4 rings (SSSR count). The molecule has 3 N–H and O–H groups in total. The molecule has 0 aromatic heterocycles. The maximum Gasteiger partial charge on any atom is 0.0811 e. The summed E-state index contributed by atoms with van der Waals surface area (Å²) in [6.07, 6.45) is 12.9. The average Bonchev–Trinajstić information content (AvgIpc) is 3.33. The number of rotatable bonds is 5. The molecule has 3 aliphatic carbocycles. The minimum absolute atomic E-state index is 0.285. The smallest absolute Gasteiger partial charge is 0.0811 e. The van der Waals surface area contributed by atoms with Gasteiger partial charge in [0.1, 0.15) is 0 Å². The number of hydrogen-bond acceptors (Lipinski definition) is 4. The van der Waals surface area contributed by atoms with Crippen LogP contribution in [0.2, 0.25) is 0 Å². The lowest BCUT2D eigenvalue weighted by atomic mass is 9.61. The standard InChI is InChI=1S/C29H47NO3/c1-19(18-30-15-7-9-27(30)28(3,4)33)24-12-13-25-21(8-6-14-29(24,25)5)10-11-22-16-23(31)17-26(32)20(22)2/h10-11,19,23-27,31-33H,2,6-9,12-18H2,1,3-5H3/b21-10+,22-11-/t19-,23-,24-,25+,26+,27+,29-/m1/s1. The van der Waals surface area contributed by atoms with Crippen molar-refractivity contribution in [3.8, 4) is 0 Å². The van der Waals surface area contributed by atoms with Crippen LogP contribution in [0, 0.1) is 23.2 Å². The highest BCUT2D eigenvalue weighted by atomic mass is 16.3. The molecule has 186 valence electrons. The van der Waals surface area contributed by atoms with Gasteiger partial charge in [0.15, 0.2) is 0 Å². The molecule has 3 saturated carbocycles. The number of allylic oxidation sites excluding steroid dienone is 3. The van der Waals surface area contributed by atoms with Gasteiger partial charge >= 0.3 is 0 Å². The van der Waals surface area contributed by atoms with Gasteiger partial charge in [0, 0.05) is 19.0 Å². The molecule has 0 spiro atoms. The monoisotopic (exact) mass is 457 g/mol. The van der Waals surface area contributed by atoms with Crippen molar-refractivity contribution in [3.63, 3.8) is 0 Å². The molecule has 4 aliphatic rings. The van der Waals surface area contributed by atoms with E-state index in [1.807, 2.05) is 13.8 Å². The second-order valence-electron chi connectivity index (χ2n) is 12.4. The minimum Gasteiger partial charge on any atom is -0.393 e. The zero-order valence-corrected chi connectivity index (χ0v) is 21.4. The Hall–Kier alpha value is -0.940. The van der Waals surface area contributed by atoms with Crippen molar-refractivity contribution in [2.24, 2.45) is 23.2 Å². The van der Waals surface area contributed by atoms with Gasteiger partial charge in [-0.3, -0.25) is 4.90 Å². The first-order valence-electron chi connectivity index (χ1n) is 13.4. The number of fused-ring (bicyclic) bond motifs is 1. The fraction of sp³-hybridized carbons (Fsp3) is 0.793. The van der Waals surface area contributed by atoms with Crippen molar-refractivity contribution in [3.05, 3.63) is 35.5 Å². The van der Waals surface area contributed by atoms with Crippen LogP contribution in [0.25, 0.3) is 0 Å². The van der Waals surface area contributed by atoms with Gasteiger partial charge in [0.2, 0.25) is 0 Å². The molecule has 33 heavy (non-hydrogen) atoms. The molecule has 4 heteroatoms. The zero-order valence-electron chi connectivity index (χ0n) is 21.4. The fourth-order valence-corrected chi connectivity index (χ4v) is 8.02. The van der Waals surface area contributed by atoms with Gasteiger partial charge < -0.3 is 15.3 Å². The van der Waals surface area contributed by atoms with E-state index in [1.165, 1.54) is 32.1 Å². The molecule has 0 amide bonds. The molecule has 7 atom stereocenters. The van der Waals surface area contributed by atoms with Crippen molar-refractivity contribution < 1.29 is 15.3 Å². The highest BCUT2D eigenvalue weighted by Crippen LogP contribution is 2.59. The molecule has 0 radical (unpaired) electrons. The first-order valence-corrected chi connectivity index (χ1v) is 13.4. The van der Waals surface area contributed by atoms with Crippen LogP contribution in [-0.4, -0.2) is 57.2 Å². The first-order chi connectivity index (χ1) is 15.5. The van der Waals surface area contributed by atoms with E-state index >= 15 is 0 Å². The summed E-state index contributed by atoms with van der Waals surface area (Å²) in [6, 6.07) is 0.285. The topological polar surface area (TPSA) is 63.9 Å². The second kappa shape index (κ2) is 9.60. The lowest BCUT2D eigenvalue weighted by Crippen LogP contribution is -2.48. The molecule has 0 aromatic rings. The Labute approximate surface area is 201 Å². The van der Waals surface area contributed by atoms with Crippen LogP contribution < -0.4 is 0 Å². The van der Waals surface area contributed by atoms with E-state index in [0.717, 1.165) is 43.0 Å². The number of hydrogen-bond donors (Lipinski definition) is 3. The summed E-state index contributed by atoms with van der Waals surface area (Å²) < 4.78 is 0. The Morgan fingerprint density at radius 3 is 2.67 bits per heavy atom. The van der Waals surface area contributed by atoms with E-state index in [0.29, 0.717) is 30.1 Å². The molecule has 4 nitrogen and oxygen atoms in total. The van der Waals surface area contributed by atoms with Crippen LogP contribution in [0.1, 0.15) is 85.5 Å². The normalized spacial score (nSPS) is 41.7. The van der Waals surface area contributed by atoms with Crippen molar-refractivity contribution in [2.45, 2.75) is 109 Å². The Balaban J connectivity index is 1.48. The van der Waals surface area contributed by atoms with Gasteiger partial charge in [0.25, 0.3) is 0 Å².